The molecule has 1 aromatic carbocycles. The van der Waals surface area contributed by atoms with E-state index in [0.717, 1.165) is 12.7 Å². The van der Waals surface area contributed by atoms with Crippen molar-refractivity contribution in [2.45, 2.75) is 57.8 Å². The highest BCUT2D eigenvalue weighted by atomic mass is 16.5. The lowest BCUT2D eigenvalue weighted by Gasteiger charge is -2.25. The molecule has 42 heavy (non-hydrogen) atoms. The van der Waals surface area contributed by atoms with Crippen molar-refractivity contribution >= 4 is 35.7 Å². The maximum atomic E-state index is 13.3. The van der Waals surface area contributed by atoms with E-state index in [1.165, 1.54) is 12.5 Å². The summed E-state index contributed by atoms with van der Waals surface area (Å²) in [6.45, 7) is 3.17. The Kier molecular flexibility index (Phi) is 13.5. The van der Waals surface area contributed by atoms with Crippen molar-refractivity contribution in [3.63, 3.8) is 0 Å². The lowest BCUT2D eigenvalue weighted by molar-refractivity contribution is -0.141. The number of imidazole rings is 1. The van der Waals surface area contributed by atoms with Gasteiger partial charge in [-0.15, -0.1) is 0 Å². The number of ether oxygens (including phenoxy) is 2. The van der Waals surface area contributed by atoms with E-state index >= 15 is 0 Å². The van der Waals surface area contributed by atoms with E-state index in [9.17, 15) is 28.8 Å². The van der Waals surface area contributed by atoms with E-state index in [1.807, 2.05) is 19.9 Å². The van der Waals surface area contributed by atoms with Crippen molar-refractivity contribution in [3.8, 4) is 0 Å². The summed E-state index contributed by atoms with van der Waals surface area (Å²) in [6.07, 6.45) is 1.49. The number of amides is 5. The molecule has 0 spiro atoms. The topological polar surface area (TPSA) is 224 Å². The van der Waals surface area contributed by atoms with Crippen LogP contribution in [0.4, 0.5) is 4.79 Å². The number of primary amides is 1. The number of methoxy groups -OCH3 is 1. The van der Waals surface area contributed by atoms with Crippen molar-refractivity contribution in [1.82, 2.24) is 31.2 Å². The van der Waals surface area contributed by atoms with Crippen molar-refractivity contribution in [2.75, 3.05) is 13.7 Å². The lowest BCUT2D eigenvalue weighted by Crippen LogP contribution is -2.58. The van der Waals surface area contributed by atoms with Crippen LogP contribution in [0.3, 0.4) is 0 Å². The number of rotatable bonds is 16. The summed E-state index contributed by atoms with van der Waals surface area (Å²) in [5.74, 6) is -3.98. The molecule has 0 bridgehead atoms. The minimum Gasteiger partial charge on any atom is -0.468 e. The SMILES string of the molecule is COC(=O)CNC(=O)[C@@H](CC(C)C)NC(=O)[C@@H](CC(N)=O)NC(=O)[C@@H](Cc1cnc[nH]1)NC(=O)OCc1ccccc1. The largest absolute Gasteiger partial charge is 0.468 e. The van der Waals surface area contributed by atoms with Gasteiger partial charge in [-0.1, -0.05) is 44.2 Å². The molecular weight excluding hydrogens is 550 g/mol. The molecule has 0 fully saturated rings. The summed E-state index contributed by atoms with van der Waals surface area (Å²) in [4.78, 5) is 81.7. The number of esters is 1. The number of aromatic amines is 1. The van der Waals surface area contributed by atoms with Crippen LogP contribution in [-0.2, 0) is 46.5 Å². The average Bonchev–Trinajstić information content (AvgIpc) is 3.46. The minimum atomic E-state index is -1.48. The molecule has 0 radical (unpaired) electrons. The molecule has 3 atom stereocenters. The van der Waals surface area contributed by atoms with Gasteiger partial charge in [0.2, 0.25) is 23.6 Å². The normalized spacial score (nSPS) is 12.8. The first-order valence-corrected chi connectivity index (χ1v) is 13.2. The number of alkyl carbamates (subject to hydrolysis) is 1. The molecule has 7 N–H and O–H groups in total. The van der Waals surface area contributed by atoms with E-state index < -0.39 is 66.8 Å². The number of carbonyl (C=O) groups excluding carboxylic acids is 6. The first-order chi connectivity index (χ1) is 20.0. The summed E-state index contributed by atoms with van der Waals surface area (Å²) in [5.41, 5.74) is 6.55. The number of H-pyrrole nitrogens is 1. The zero-order chi connectivity index (χ0) is 31.1. The Bertz CT molecular complexity index is 1200. The van der Waals surface area contributed by atoms with Gasteiger partial charge >= 0.3 is 12.1 Å². The number of aromatic nitrogens is 2. The Morgan fingerprint density at radius 3 is 2.19 bits per heavy atom. The predicted octanol–water partition coefficient (Wildman–Crippen LogP) is -0.572. The second-order valence-electron chi connectivity index (χ2n) is 9.76. The Morgan fingerprint density at radius 1 is 0.929 bits per heavy atom. The van der Waals surface area contributed by atoms with Crippen LogP contribution in [0.25, 0.3) is 0 Å². The molecule has 2 rings (SSSR count). The molecule has 1 heterocycles. The van der Waals surface area contributed by atoms with E-state index in [0.29, 0.717) is 5.69 Å². The highest BCUT2D eigenvalue weighted by Gasteiger charge is 2.31. The number of benzene rings is 1. The molecule has 228 valence electrons. The Labute approximate surface area is 242 Å². The van der Waals surface area contributed by atoms with Crippen LogP contribution in [0, 0.1) is 5.92 Å². The minimum absolute atomic E-state index is 0.0479. The van der Waals surface area contributed by atoms with Gasteiger partial charge in [0.15, 0.2) is 0 Å². The molecule has 0 aliphatic heterocycles. The standard InChI is InChI=1S/C27H37N7O8/c1-16(2)9-19(24(37)30-13-23(36)41-3)32-26(39)21(11-22(28)35)33-25(38)20(10-18-12-29-15-31-18)34-27(40)42-14-17-7-5-4-6-8-17/h4-8,12,15-16,19-21H,9-11,13-14H2,1-3H3,(H2,28,35)(H,29,31)(H,30,37)(H,32,39)(H,33,38)(H,34,40)/t19-,20-,21-/m1/s1. The molecule has 1 aromatic heterocycles. The van der Waals surface area contributed by atoms with Gasteiger partial charge in [0.05, 0.1) is 19.9 Å². The van der Waals surface area contributed by atoms with Crippen LogP contribution in [0.5, 0.6) is 0 Å². The van der Waals surface area contributed by atoms with Crippen molar-refractivity contribution < 1.29 is 38.2 Å². The highest BCUT2D eigenvalue weighted by Crippen LogP contribution is 2.08. The van der Waals surface area contributed by atoms with Gasteiger partial charge in [0.25, 0.3) is 0 Å². The van der Waals surface area contributed by atoms with E-state index in [2.05, 4.69) is 36.0 Å². The molecule has 15 nitrogen and oxygen atoms in total. The summed E-state index contributed by atoms with van der Waals surface area (Å²) in [5, 5.41) is 9.78. The first kappa shape index (κ1) is 33.3. The van der Waals surface area contributed by atoms with Crippen LogP contribution in [-0.4, -0.2) is 77.4 Å². The van der Waals surface area contributed by atoms with Gasteiger partial charge in [0.1, 0.15) is 31.3 Å². The monoisotopic (exact) mass is 587 g/mol. The molecule has 0 unspecified atom stereocenters. The number of nitrogens with one attached hydrogen (secondary N) is 5. The second-order valence-corrected chi connectivity index (χ2v) is 9.76. The summed E-state index contributed by atoms with van der Waals surface area (Å²) >= 11 is 0. The molecule has 5 amide bonds. The zero-order valence-corrected chi connectivity index (χ0v) is 23.7. The maximum Gasteiger partial charge on any atom is 0.408 e. The third-order valence-electron chi connectivity index (χ3n) is 5.81. The molecule has 0 aliphatic rings. The van der Waals surface area contributed by atoms with E-state index in [-0.39, 0.29) is 25.4 Å². The molecular formula is C27H37N7O8. The number of nitrogens with zero attached hydrogens (tertiary/aromatic N) is 1. The summed E-state index contributed by atoms with van der Waals surface area (Å²) in [6, 6.07) is 5.08. The third-order valence-corrected chi connectivity index (χ3v) is 5.81. The van der Waals surface area contributed by atoms with Crippen LogP contribution in [0.15, 0.2) is 42.9 Å². The van der Waals surface area contributed by atoms with Gasteiger partial charge in [-0.3, -0.25) is 24.0 Å². The Morgan fingerprint density at radius 2 is 1.60 bits per heavy atom. The predicted molar refractivity (Wildman–Crippen MR) is 148 cm³/mol. The molecule has 15 heteroatoms. The molecule has 0 saturated heterocycles. The maximum absolute atomic E-state index is 13.3. The highest BCUT2D eigenvalue weighted by molar-refractivity contribution is 5.96. The van der Waals surface area contributed by atoms with Crippen LogP contribution in [0.1, 0.15) is 37.9 Å². The fourth-order valence-electron chi connectivity index (χ4n) is 3.75. The van der Waals surface area contributed by atoms with Gasteiger partial charge in [0, 0.05) is 18.3 Å². The van der Waals surface area contributed by atoms with Gasteiger partial charge in [-0.25, -0.2) is 9.78 Å². The number of nitrogens with two attached hydrogens (primary N) is 1. The van der Waals surface area contributed by atoms with E-state index in [4.69, 9.17) is 10.5 Å². The van der Waals surface area contributed by atoms with Gasteiger partial charge < -0.3 is 41.5 Å². The van der Waals surface area contributed by atoms with Crippen LogP contribution in [0.2, 0.25) is 0 Å². The lowest BCUT2D eigenvalue weighted by atomic mass is 10.0. The van der Waals surface area contributed by atoms with Crippen molar-refractivity contribution in [3.05, 3.63) is 54.1 Å². The van der Waals surface area contributed by atoms with Crippen LogP contribution < -0.4 is 27.0 Å². The molecule has 2 aromatic rings. The van der Waals surface area contributed by atoms with Gasteiger partial charge in [-0.05, 0) is 17.9 Å². The third kappa shape index (κ3) is 12.1. The number of hydrogen-bond acceptors (Lipinski definition) is 9. The van der Waals surface area contributed by atoms with Crippen LogP contribution >= 0.6 is 0 Å². The number of hydrogen-bond donors (Lipinski definition) is 6. The average molecular weight is 588 g/mol. The number of carbonyl (C=O) groups is 6. The Hall–Kier alpha value is -4.95. The summed E-state index contributed by atoms with van der Waals surface area (Å²) in [7, 11) is 1.16. The molecule has 0 aliphatic carbocycles. The van der Waals surface area contributed by atoms with E-state index in [1.54, 1.807) is 24.3 Å². The zero-order valence-electron chi connectivity index (χ0n) is 23.7. The van der Waals surface area contributed by atoms with Crippen molar-refractivity contribution in [2.24, 2.45) is 11.7 Å². The second kappa shape index (κ2) is 17.0. The van der Waals surface area contributed by atoms with Crippen molar-refractivity contribution in [1.29, 1.82) is 0 Å². The molecule has 0 saturated carbocycles. The quantitative estimate of drug-likeness (QED) is 0.138. The summed E-state index contributed by atoms with van der Waals surface area (Å²) < 4.78 is 9.73. The fraction of sp³-hybridized carbons (Fsp3) is 0.444. The smallest absolute Gasteiger partial charge is 0.408 e. The first-order valence-electron chi connectivity index (χ1n) is 13.2. The Balaban J connectivity index is 2.15. The fourth-order valence-corrected chi connectivity index (χ4v) is 3.75. The van der Waals surface area contributed by atoms with Gasteiger partial charge in [-0.2, -0.15) is 0 Å².